The number of sulfone groups is 1. The van der Waals surface area contributed by atoms with E-state index in [4.69, 9.17) is 9.15 Å². The molecule has 1 fully saturated rings. The molecule has 0 saturated carbocycles. The molecule has 176 valence electrons. The molecule has 1 atom stereocenters. The summed E-state index contributed by atoms with van der Waals surface area (Å²) in [6, 6.07) is 4.49. The van der Waals surface area contributed by atoms with Crippen LogP contribution in [0.2, 0.25) is 0 Å². The van der Waals surface area contributed by atoms with Gasteiger partial charge in [0, 0.05) is 29.9 Å². The monoisotopic (exact) mass is 474 g/mol. The van der Waals surface area contributed by atoms with Crippen LogP contribution in [0.3, 0.4) is 0 Å². The lowest BCUT2D eigenvalue weighted by Crippen LogP contribution is -2.42. The second-order valence-corrected chi connectivity index (χ2v) is 11.1. The average Bonchev–Trinajstić information content (AvgIpc) is 3.10. The van der Waals surface area contributed by atoms with E-state index in [0.717, 1.165) is 16.1 Å². The topological polar surface area (TPSA) is 123 Å². The SMILES string of the molecule is Cc1cc2oc(=O)cc(COC(=O)C3=NN(C4CCS(=O)(=O)C4)C(=O)CC3)c2cc1C(C)C. The molecule has 0 spiro atoms. The van der Waals surface area contributed by atoms with Gasteiger partial charge in [0.15, 0.2) is 9.84 Å². The first-order chi connectivity index (χ1) is 15.5. The van der Waals surface area contributed by atoms with Gasteiger partial charge in [-0.15, -0.1) is 0 Å². The van der Waals surface area contributed by atoms with E-state index in [2.05, 4.69) is 18.9 Å². The van der Waals surface area contributed by atoms with E-state index in [1.54, 1.807) is 0 Å². The minimum Gasteiger partial charge on any atom is -0.456 e. The number of amides is 1. The molecule has 9 nitrogen and oxygen atoms in total. The highest BCUT2D eigenvalue weighted by atomic mass is 32.2. The highest BCUT2D eigenvalue weighted by molar-refractivity contribution is 7.91. The van der Waals surface area contributed by atoms with Gasteiger partial charge in [0.1, 0.15) is 17.9 Å². The van der Waals surface area contributed by atoms with Crippen LogP contribution in [0.5, 0.6) is 0 Å². The predicted octanol–water partition coefficient (Wildman–Crippen LogP) is 2.43. The van der Waals surface area contributed by atoms with E-state index < -0.39 is 27.5 Å². The third-order valence-electron chi connectivity index (χ3n) is 6.05. The molecule has 1 amide bonds. The lowest BCUT2D eigenvalue weighted by molar-refractivity contribution is -0.138. The van der Waals surface area contributed by atoms with Gasteiger partial charge in [0.2, 0.25) is 5.91 Å². The van der Waals surface area contributed by atoms with Crippen LogP contribution in [0.1, 0.15) is 55.7 Å². The van der Waals surface area contributed by atoms with Crippen LogP contribution < -0.4 is 5.63 Å². The smallest absolute Gasteiger partial charge is 0.354 e. The van der Waals surface area contributed by atoms with Gasteiger partial charge in [-0.1, -0.05) is 13.8 Å². The number of nitrogens with zero attached hydrogens (tertiary/aromatic N) is 2. The van der Waals surface area contributed by atoms with Crippen molar-refractivity contribution >= 4 is 38.4 Å². The molecule has 0 bridgehead atoms. The van der Waals surface area contributed by atoms with E-state index in [0.29, 0.717) is 23.0 Å². The van der Waals surface area contributed by atoms with Crippen molar-refractivity contribution in [2.24, 2.45) is 5.10 Å². The molecular weight excluding hydrogens is 448 g/mol. The first-order valence-electron chi connectivity index (χ1n) is 10.9. The van der Waals surface area contributed by atoms with Gasteiger partial charge in [0.05, 0.1) is 17.5 Å². The van der Waals surface area contributed by atoms with Crippen LogP contribution in [-0.4, -0.2) is 48.6 Å². The number of rotatable bonds is 5. The zero-order valence-electron chi connectivity index (χ0n) is 18.8. The molecule has 2 aliphatic heterocycles. The minimum absolute atomic E-state index is 0.00174. The number of carbonyl (C=O) groups is 2. The maximum Gasteiger partial charge on any atom is 0.354 e. The standard InChI is InChI=1S/C23H26N2O7S/c1-13(2)17-10-18-15(9-22(27)32-20(18)8-14(17)3)11-31-23(28)19-4-5-21(26)25(24-19)16-6-7-33(29,30)12-16/h8-10,13,16H,4-7,11-12H2,1-3H3. The van der Waals surface area contributed by atoms with Gasteiger partial charge in [-0.25, -0.2) is 23.0 Å². The fourth-order valence-electron chi connectivity index (χ4n) is 4.33. The molecule has 0 aliphatic carbocycles. The molecule has 2 aliphatic rings. The summed E-state index contributed by atoms with van der Waals surface area (Å²) in [5.74, 6) is -0.911. The fraction of sp³-hybridized carbons (Fsp3) is 0.478. The summed E-state index contributed by atoms with van der Waals surface area (Å²) in [5, 5.41) is 5.94. The molecule has 1 aromatic heterocycles. The Kier molecular flexibility index (Phi) is 6.13. The Bertz CT molecular complexity index is 1320. The van der Waals surface area contributed by atoms with Crippen molar-refractivity contribution in [3.05, 3.63) is 45.3 Å². The number of hydrogen-bond acceptors (Lipinski definition) is 8. The normalized spacial score (nSPS) is 20.4. The highest BCUT2D eigenvalue weighted by Crippen LogP contribution is 2.27. The van der Waals surface area contributed by atoms with Gasteiger partial charge in [-0.05, 0) is 42.5 Å². The van der Waals surface area contributed by atoms with Gasteiger partial charge in [-0.3, -0.25) is 4.79 Å². The summed E-state index contributed by atoms with van der Waals surface area (Å²) in [7, 11) is -3.21. The number of esters is 1. The van der Waals surface area contributed by atoms with Crippen molar-refractivity contribution in [3.63, 3.8) is 0 Å². The van der Waals surface area contributed by atoms with Crippen molar-refractivity contribution in [1.82, 2.24) is 5.01 Å². The third-order valence-corrected chi connectivity index (χ3v) is 7.80. The average molecular weight is 475 g/mol. The molecular formula is C23H26N2O7S. The number of fused-ring (bicyclic) bond motifs is 1. The van der Waals surface area contributed by atoms with Gasteiger partial charge in [0.25, 0.3) is 0 Å². The van der Waals surface area contributed by atoms with E-state index in [1.165, 1.54) is 6.07 Å². The second-order valence-electron chi connectivity index (χ2n) is 8.87. The first-order valence-corrected chi connectivity index (χ1v) is 12.7. The van der Waals surface area contributed by atoms with Gasteiger partial charge >= 0.3 is 11.6 Å². The summed E-state index contributed by atoms with van der Waals surface area (Å²) >= 11 is 0. The minimum atomic E-state index is -3.21. The van der Waals surface area contributed by atoms with Crippen LogP contribution in [0.15, 0.2) is 32.5 Å². The molecule has 1 saturated heterocycles. The molecule has 0 radical (unpaired) electrons. The maximum absolute atomic E-state index is 12.7. The third kappa shape index (κ3) is 4.85. The van der Waals surface area contributed by atoms with Crippen LogP contribution in [0, 0.1) is 6.92 Å². The van der Waals surface area contributed by atoms with E-state index in [9.17, 15) is 22.8 Å². The Balaban J connectivity index is 1.56. The van der Waals surface area contributed by atoms with Crippen LogP contribution in [0.4, 0.5) is 0 Å². The molecule has 0 N–H and O–H groups in total. The van der Waals surface area contributed by atoms with E-state index in [-0.39, 0.29) is 48.5 Å². The van der Waals surface area contributed by atoms with Crippen LogP contribution in [0.25, 0.3) is 11.0 Å². The Morgan fingerprint density at radius 3 is 2.67 bits per heavy atom. The van der Waals surface area contributed by atoms with E-state index >= 15 is 0 Å². The summed E-state index contributed by atoms with van der Waals surface area (Å²) in [6.07, 6.45) is 0.463. The largest absolute Gasteiger partial charge is 0.456 e. The summed E-state index contributed by atoms with van der Waals surface area (Å²) in [5.41, 5.74) is 2.56. The first kappa shape index (κ1) is 23.2. The fourth-order valence-corrected chi connectivity index (χ4v) is 6.02. The van der Waals surface area contributed by atoms with Gasteiger partial charge < -0.3 is 9.15 Å². The summed E-state index contributed by atoms with van der Waals surface area (Å²) in [6.45, 7) is 5.92. The van der Waals surface area contributed by atoms with Crippen molar-refractivity contribution in [1.29, 1.82) is 0 Å². The number of ether oxygens (including phenoxy) is 1. The lowest BCUT2D eigenvalue weighted by Gasteiger charge is -2.27. The maximum atomic E-state index is 12.7. The van der Waals surface area contributed by atoms with Crippen LogP contribution >= 0.6 is 0 Å². The number of benzene rings is 1. The summed E-state index contributed by atoms with van der Waals surface area (Å²) < 4.78 is 34.3. The molecule has 3 heterocycles. The number of hydrazone groups is 1. The molecule has 10 heteroatoms. The second kappa shape index (κ2) is 8.74. The summed E-state index contributed by atoms with van der Waals surface area (Å²) in [4.78, 5) is 37.0. The highest BCUT2D eigenvalue weighted by Gasteiger charge is 2.37. The molecule has 33 heavy (non-hydrogen) atoms. The van der Waals surface area contributed by atoms with Crippen molar-refractivity contribution in [2.45, 2.75) is 58.6 Å². The molecule has 1 unspecified atom stereocenters. The molecule has 2 aromatic rings. The zero-order chi connectivity index (χ0) is 23.9. The predicted molar refractivity (Wildman–Crippen MR) is 122 cm³/mol. The number of carbonyl (C=O) groups excluding carboxylic acids is 2. The Labute approximate surface area is 191 Å². The lowest BCUT2D eigenvalue weighted by atomic mass is 9.95. The Hall–Kier alpha value is -3.01. The Morgan fingerprint density at radius 2 is 2.00 bits per heavy atom. The number of hydrogen-bond donors (Lipinski definition) is 0. The van der Waals surface area contributed by atoms with Crippen molar-refractivity contribution in [3.8, 4) is 0 Å². The van der Waals surface area contributed by atoms with Crippen molar-refractivity contribution < 1.29 is 27.2 Å². The number of aryl methyl sites for hydroxylation is 1. The van der Waals surface area contributed by atoms with Crippen LogP contribution in [-0.2, 0) is 30.8 Å². The zero-order valence-corrected chi connectivity index (χ0v) is 19.6. The molecule has 1 aromatic carbocycles. The molecule has 4 rings (SSSR count). The van der Waals surface area contributed by atoms with Crippen molar-refractivity contribution in [2.75, 3.05) is 11.5 Å². The quantitative estimate of drug-likeness (QED) is 0.482. The van der Waals surface area contributed by atoms with E-state index in [1.807, 2.05) is 19.1 Å². The van der Waals surface area contributed by atoms with Gasteiger partial charge in [-0.2, -0.15) is 5.10 Å². The Morgan fingerprint density at radius 1 is 1.24 bits per heavy atom.